The Morgan fingerprint density at radius 2 is 2.00 bits per heavy atom. The maximum Gasteiger partial charge on any atom is 0.408 e. The van der Waals surface area contributed by atoms with Gasteiger partial charge in [0.25, 0.3) is 5.69 Å². The van der Waals surface area contributed by atoms with E-state index in [4.69, 9.17) is 4.74 Å². The number of nitro groups is 1. The van der Waals surface area contributed by atoms with E-state index in [9.17, 15) is 14.9 Å². The number of hydrogen-bond acceptors (Lipinski definition) is 5. The predicted octanol–water partition coefficient (Wildman–Crippen LogP) is 3.54. The van der Waals surface area contributed by atoms with Crippen LogP contribution >= 0.6 is 0 Å². The molecule has 1 aromatic heterocycles. The van der Waals surface area contributed by atoms with E-state index >= 15 is 0 Å². The van der Waals surface area contributed by atoms with Crippen LogP contribution in [0, 0.1) is 17.0 Å². The molecule has 0 aliphatic heterocycles. The smallest absolute Gasteiger partial charge is 0.408 e. The Morgan fingerprint density at radius 3 is 2.54 bits per heavy atom. The normalized spacial score (nSPS) is 13.7. The molecular formula is C18H24N4O4. The highest BCUT2D eigenvalue weighted by Crippen LogP contribution is 2.27. The Bertz CT molecular complexity index is 810. The zero-order chi connectivity index (χ0) is 19.5. The van der Waals surface area contributed by atoms with Gasteiger partial charge < -0.3 is 10.1 Å². The van der Waals surface area contributed by atoms with E-state index in [0.29, 0.717) is 12.1 Å². The number of nitrogens with one attached hydrogen (secondary N) is 1. The first kappa shape index (κ1) is 19.4. The standard InChI is InChI=1S/C18H24N4O4/c1-13-9-10-21(20-13)12-18(5,19-16(23)26-17(2,3)4)14-7-6-8-15(11-14)22(24)25/h6-11H,12H2,1-5H3,(H,19,23). The van der Waals surface area contributed by atoms with Gasteiger partial charge in [-0.05, 0) is 46.2 Å². The molecule has 0 saturated carbocycles. The zero-order valence-electron chi connectivity index (χ0n) is 15.6. The molecule has 140 valence electrons. The number of benzene rings is 1. The summed E-state index contributed by atoms with van der Waals surface area (Å²) in [7, 11) is 0. The first-order valence-electron chi connectivity index (χ1n) is 8.25. The van der Waals surface area contributed by atoms with Gasteiger partial charge in [-0.1, -0.05) is 12.1 Å². The van der Waals surface area contributed by atoms with Crippen LogP contribution in [0.1, 0.15) is 39.0 Å². The Balaban J connectivity index is 2.38. The highest BCUT2D eigenvalue weighted by molar-refractivity contribution is 5.69. The SMILES string of the molecule is Cc1ccn(CC(C)(NC(=O)OC(C)(C)C)c2cccc([N+](=O)[O-])c2)n1. The Morgan fingerprint density at radius 1 is 1.31 bits per heavy atom. The molecule has 0 saturated heterocycles. The second-order valence-corrected chi connectivity index (χ2v) is 7.42. The van der Waals surface area contributed by atoms with Gasteiger partial charge in [-0.3, -0.25) is 14.8 Å². The lowest BCUT2D eigenvalue weighted by Crippen LogP contribution is -2.48. The van der Waals surface area contributed by atoms with Crippen molar-refractivity contribution in [3.8, 4) is 0 Å². The second-order valence-electron chi connectivity index (χ2n) is 7.42. The fourth-order valence-corrected chi connectivity index (χ4v) is 2.57. The largest absolute Gasteiger partial charge is 0.444 e. The number of alkyl carbamates (subject to hydrolysis) is 1. The fourth-order valence-electron chi connectivity index (χ4n) is 2.57. The van der Waals surface area contributed by atoms with Crippen molar-refractivity contribution in [2.45, 2.75) is 52.3 Å². The Labute approximate surface area is 152 Å². The molecule has 0 radical (unpaired) electrons. The minimum absolute atomic E-state index is 0.0450. The van der Waals surface area contributed by atoms with Gasteiger partial charge in [0.05, 0.1) is 22.7 Å². The van der Waals surface area contributed by atoms with Crippen LogP contribution < -0.4 is 5.32 Å². The molecule has 2 aromatic rings. The average Bonchev–Trinajstić information content (AvgIpc) is 2.90. The van der Waals surface area contributed by atoms with Gasteiger partial charge in [0.15, 0.2) is 0 Å². The summed E-state index contributed by atoms with van der Waals surface area (Å²) in [6.45, 7) is 9.26. The first-order chi connectivity index (χ1) is 12.0. The number of amides is 1. The molecule has 1 amide bonds. The van der Waals surface area contributed by atoms with Crippen molar-refractivity contribution in [2.75, 3.05) is 0 Å². The van der Waals surface area contributed by atoms with Crippen LogP contribution in [0.15, 0.2) is 36.5 Å². The van der Waals surface area contributed by atoms with Gasteiger partial charge in [0.1, 0.15) is 5.60 Å². The topological polar surface area (TPSA) is 99.3 Å². The number of carbonyl (C=O) groups excluding carboxylic acids is 1. The lowest BCUT2D eigenvalue weighted by molar-refractivity contribution is -0.385. The van der Waals surface area contributed by atoms with E-state index in [1.54, 1.807) is 50.7 Å². The van der Waals surface area contributed by atoms with Gasteiger partial charge in [-0.2, -0.15) is 5.10 Å². The molecular weight excluding hydrogens is 336 g/mol. The molecule has 0 aliphatic carbocycles. The van der Waals surface area contributed by atoms with Gasteiger partial charge in [-0.15, -0.1) is 0 Å². The third kappa shape index (κ3) is 5.05. The third-order valence-corrected chi connectivity index (χ3v) is 3.72. The highest BCUT2D eigenvalue weighted by atomic mass is 16.6. The van der Waals surface area contributed by atoms with Crippen LogP contribution in [-0.4, -0.2) is 26.4 Å². The summed E-state index contributed by atoms with van der Waals surface area (Å²) >= 11 is 0. The van der Waals surface area contributed by atoms with E-state index in [1.165, 1.54) is 12.1 Å². The fraction of sp³-hybridized carbons (Fsp3) is 0.444. The highest BCUT2D eigenvalue weighted by Gasteiger charge is 2.33. The number of rotatable bonds is 5. The summed E-state index contributed by atoms with van der Waals surface area (Å²) in [5.41, 5.74) is -0.228. The van der Waals surface area contributed by atoms with E-state index in [-0.39, 0.29) is 5.69 Å². The molecule has 26 heavy (non-hydrogen) atoms. The molecule has 0 bridgehead atoms. The summed E-state index contributed by atoms with van der Waals surface area (Å²) in [4.78, 5) is 23.0. The first-order valence-corrected chi connectivity index (χ1v) is 8.25. The van der Waals surface area contributed by atoms with E-state index in [1.807, 2.05) is 13.0 Å². The number of non-ortho nitro benzene ring substituents is 1. The van der Waals surface area contributed by atoms with Crippen LogP contribution in [-0.2, 0) is 16.8 Å². The molecule has 0 fully saturated rings. The summed E-state index contributed by atoms with van der Waals surface area (Å²) in [6, 6.07) is 8.04. The van der Waals surface area contributed by atoms with Gasteiger partial charge in [0, 0.05) is 18.3 Å². The number of nitro benzene ring substituents is 1. The molecule has 0 aliphatic rings. The Hall–Kier alpha value is -2.90. The molecule has 1 heterocycles. The molecule has 2 rings (SSSR count). The van der Waals surface area contributed by atoms with Gasteiger partial charge in [-0.25, -0.2) is 4.79 Å². The second kappa shape index (κ2) is 7.15. The van der Waals surface area contributed by atoms with Crippen LogP contribution in [0.4, 0.5) is 10.5 Å². The molecule has 1 N–H and O–H groups in total. The summed E-state index contributed by atoms with van der Waals surface area (Å²) in [5, 5.41) is 18.3. The molecule has 1 aromatic carbocycles. The van der Waals surface area contributed by atoms with Crippen molar-refractivity contribution in [3.05, 3.63) is 57.9 Å². The minimum atomic E-state index is -0.952. The van der Waals surface area contributed by atoms with Crippen molar-refractivity contribution in [2.24, 2.45) is 0 Å². The molecule has 0 spiro atoms. The van der Waals surface area contributed by atoms with Crippen molar-refractivity contribution in [1.29, 1.82) is 0 Å². The van der Waals surface area contributed by atoms with Crippen molar-refractivity contribution >= 4 is 11.8 Å². The number of nitrogens with zero attached hydrogens (tertiary/aromatic N) is 3. The maximum absolute atomic E-state index is 12.4. The monoisotopic (exact) mass is 360 g/mol. The predicted molar refractivity (Wildman–Crippen MR) is 96.8 cm³/mol. The number of hydrogen-bond donors (Lipinski definition) is 1. The molecule has 8 nitrogen and oxygen atoms in total. The van der Waals surface area contributed by atoms with Gasteiger partial charge >= 0.3 is 6.09 Å². The summed E-state index contributed by atoms with van der Waals surface area (Å²) in [5.74, 6) is 0. The van der Waals surface area contributed by atoms with E-state index in [2.05, 4.69) is 10.4 Å². The van der Waals surface area contributed by atoms with Crippen LogP contribution in [0.3, 0.4) is 0 Å². The van der Waals surface area contributed by atoms with Crippen LogP contribution in [0.25, 0.3) is 0 Å². The number of ether oxygens (including phenoxy) is 1. The van der Waals surface area contributed by atoms with Gasteiger partial charge in [0.2, 0.25) is 0 Å². The molecule has 1 unspecified atom stereocenters. The van der Waals surface area contributed by atoms with Crippen molar-refractivity contribution in [1.82, 2.24) is 15.1 Å². The number of carbonyl (C=O) groups is 1. The minimum Gasteiger partial charge on any atom is -0.444 e. The lowest BCUT2D eigenvalue weighted by Gasteiger charge is -2.32. The van der Waals surface area contributed by atoms with Crippen LogP contribution in [0.5, 0.6) is 0 Å². The molecule has 8 heteroatoms. The number of aromatic nitrogens is 2. The lowest BCUT2D eigenvalue weighted by atomic mass is 9.91. The third-order valence-electron chi connectivity index (χ3n) is 3.72. The average molecular weight is 360 g/mol. The van der Waals surface area contributed by atoms with Crippen molar-refractivity contribution < 1.29 is 14.5 Å². The summed E-state index contributed by atoms with van der Waals surface area (Å²) < 4.78 is 7.05. The Kier molecular flexibility index (Phi) is 5.34. The summed E-state index contributed by atoms with van der Waals surface area (Å²) in [6.07, 6.45) is 1.19. The molecule has 1 atom stereocenters. The quantitative estimate of drug-likeness (QED) is 0.649. The van der Waals surface area contributed by atoms with E-state index in [0.717, 1.165) is 5.69 Å². The number of aryl methyl sites for hydroxylation is 1. The van der Waals surface area contributed by atoms with Crippen molar-refractivity contribution in [3.63, 3.8) is 0 Å². The van der Waals surface area contributed by atoms with Crippen LogP contribution in [0.2, 0.25) is 0 Å². The maximum atomic E-state index is 12.4. The van der Waals surface area contributed by atoms with E-state index < -0.39 is 22.2 Å². The zero-order valence-corrected chi connectivity index (χ0v) is 15.6.